The molecule has 0 spiro atoms. The molecule has 1 atom stereocenters. The molecule has 0 saturated carbocycles. The van der Waals surface area contributed by atoms with Gasteiger partial charge in [-0.3, -0.25) is 0 Å². The van der Waals surface area contributed by atoms with Crippen LogP contribution < -0.4 is 20.5 Å². The normalized spacial score (nSPS) is 12.9. The highest BCUT2D eigenvalue weighted by Gasteiger charge is 2.30. The molecule has 11 heteroatoms. The van der Waals surface area contributed by atoms with Crippen molar-refractivity contribution in [2.45, 2.75) is 24.2 Å². The molecule has 2 rings (SSSR count). The first-order valence-corrected chi connectivity index (χ1v) is 9.05. The van der Waals surface area contributed by atoms with Crippen LogP contribution in [-0.2, 0) is 10.0 Å². The van der Waals surface area contributed by atoms with Gasteiger partial charge in [0.1, 0.15) is 5.75 Å². The van der Waals surface area contributed by atoms with Gasteiger partial charge in [-0.15, -0.1) is 13.2 Å². The summed E-state index contributed by atoms with van der Waals surface area (Å²) < 4.78 is 62.5. The second-order valence-corrected chi connectivity index (χ2v) is 7.07. The number of alkyl halides is 3. The van der Waals surface area contributed by atoms with E-state index in [4.69, 9.17) is 5.14 Å². The van der Waals surface area contributed by atoms with Gasteiger partial charge in [-0.25, -0.2) is 18.4 Å². The van der Waals surface area contributed by atoms with Crippen molar-refractivity contribution in [2.24, 2.45) is 5.14 Å². The minimum absolute atomic E-state index is 0.0518. The van der Waals surface area contributed by atoms with E-state index < -0.39 is 34.2 Å². The molecule has 146 valence electrons. The molecule has 0 aliphatic carbocycles. The Morgan fingerprint density at radius 1 is 1.07 bits per heavy atom. The summed E-state index contributed by atoms with van der Waals surface area (Å²) in [6.45, 7) is 1.67. The lowest BCUT2D eigenvalue weighted by Gasteiger charge is -2.16. The summed E-state index contributed by atoms with van der Waals surface area (Å²) in [5.41, 5.74) is 0.894. The van der Waals surface area contributed by atoms with Crippen LogP contribution in [0.1, 0.15) is 18.5 Å². The molecule has 0 radical (unpaired) electrons. The first kappa shape index (κ1) is 20.5. The third kappa shape index (κ3) is 6.46. The fourth-order valence-corrected chi connectivity index (χ4v) is 2.65. The molecule has 0 saturated heterocycles. The van der Waals surface area contributed by atoms with E-state index in [9.17, 15) is 26.4 Å². The minimum atomic E-state index is -4.79. The molecule has 0 heterocycles. The SMILES string of the molecule is C[C@@H](NC(=O)Nc1ccc(OC(F)(F)F)cc1)c1ccc(S(N)(=O)=O)cc1. The van der Waals surface area contributed by atoms with Crippen LogP contribution in [-0.4, -0.2) is 20.8 Å². The summed E-state index contributed by atoms with van der Waals surface area (Å²) in [6, 6.07) is 9.24. The second-order valence-electron chi connectivity index (χ2n) is 5.51. The number of nitrogens with one attached hydrogen (secondary N) is 2. The van der Waals surface area contributed by atoms with Crippen LogP contribution in [0, 0.1) is 0 Å². The van der Waals surface area contributed by atoms with Gasteiger partial charge >= 0.3 is 12.4 Å². The Hall–Kier alpha value is -2.79. The molecule has 0 unspecified atom stereocenters. The fraction of sp³-hybridized carbons (Fsp3) is 0.188. The number of hydrogen-bond acceptors (Lipinski definition) is 4. The number of anilines is 1. The van der Waals surface area contributed by atoms with E-state index in [1.54, 1.807) is 6.92 Å². The summed E-state index contributed by atoms with van der Waals surface area (Å²) in [5.74, 6) is -0.406. The fourth-order valence-electron chi connectivity index (χ4n) is 2.13. The second kappa shape index (κ2) is 7.84. The third-order valence-electron chi connectivity index (χ3n) is 3.40. The van der Waals surface area contributed by atoms with E-state index in [1.165, 1.54) is 36.4 Å². The predicted octanol–water partition coefficient (Wildman–Crippen LogP) is 3.12. The van der Waals surface area contributed by atoms with Crippen LogP contribution in [0.5, 0.6) is 5.75 Å². The van der Waals surface area contributed by atoms with E-state index >= 15 is 0 Å². The lowest BCUT2D eigenvalue weighted by Crippen LogP contribution is -2.31. The van der Waals surface area contributed by atoms with Gasteiger partial charge in [-0.2, -0.15) is 0 Å². The molecule has 0 aromatic heterocycles. The molecular weight excluding hydrogens is 387 g/mol. The van der Waals surface area contributed by atoms with Gasteiger partial charge in [0.15, 0.2) is 0 Å². The summed E-state index contributed by atoms with van der Waals surface area (Å²) in [4.78, 5) is 11.9. The Labute approximate surface area is 153 Å². The lowest BCUT2D eigenvalue weighted by atomic mass is 10.1. The summed E-state index contributed by atoms with van der Waals surface area (Å²) >= 11 is 0. The first-order valence-electron chi connectivity index (χ1n) is 7.50. The lowest BCUT2D eigenvalue weighted by molar-refractivity contribution is -0.274. The Bertz CT molecular complexity index is 898. The molecule has 2 aromatic rings. The van der Waals surface area contributed by atoms with Crippen molar-refractivity contribution in [1.82, 2.24) is 5.32 Å². The average Bonchev–Trinajstić information content (AvgIpc) is 2.54. The number of amides is 2. The number of primary sulfonamides is 1. The molecule has 0 bridgehead atoms. The minimum Gasteiger partial charge on any atom is -0.406 e. The number of carbonyl (C=O) groups excluding carboxylic acids is 1. The number of carbonyl (C=O) groups is 1. The van der Waals surface area contributed by atoms with Gasteiger partial charge in [-0.1, -0.05) is 12.1 Å². The predicted molar refractivity (Wildman–Crippen MR) is 91.5 cm³/mol. The van der Waals surface area contributed by atoms with Crippen LogP contribution in [0.15, 0.2) is 53.4 Å². The summed E-state index contributed by atoms with van der Waals surface area (Å²) in [5, 5.41) is 10.1. The highest BCUT2D eigenvalue weighted by molar-refractivity contribution is 7.89. The molecule has 4 N–H and O–H groups in total. The molecule has 2 aromatic carbocycles. The smallest absolute Gasteiger partial charge is 0.406 e. The Morgan fingerprint density at radius 3 is 2.11 bits per heavy atom. The number of rotatable bonds is 5. The zero-order chi connectivity index (χ0) is 20.2. The number of sulfonamides is 1. The number of hydrogen-bond donors (Lipinski definition) is 3. The van der Waals surface area contributed by atoms with Crippen molar-refractivity contribution >= 4 is 21.7 Å². The topological polar surface area (TPSA) is 111 Å². The van der Waals surface area contributed by atoms with Crippen LogP contribution in [0.3, 0.4) is 0 Å². The number of halogens is 3. The molecule has 27 heavy (non-hydrogen) atoms. The summed E-state index contributed by atoms with van der Waals surface area (Å²) in [7, 11) is -3.80. The number of nitrogens with two attached hydrogens (primary N) is 1. The van der Waals surface area contributed by atoms with Crippen LogP contribution in [0.4, 0.5) is 23.7 Å². The average molecular weight is 403 g/mol. The zero-order valence-electron chi connectivity index (χ0n) is 13.9. The van der Waals surface area contributed by atoms with Gasteiger partial charge in [0.25, 0.3) is 0 Å². The molecule has 0 fully saturated rings. The van der Waals surface area contributed by atoms with Crippen molar-refractivity contribution in [3.63, 3.8) is 0 Å². The molecule has 0 aliphatic heterocycles. The van der Waals surface area contributed by atoms with E-state index in [1.807, 2.05) is 0 Å². The van der Waals surface area contributed by atoms with Gasteiger partial charge in [0.05, 0.1) is 10.9 Å². The van der Waals surface area contributed by atoms with Crippen LogP contribution in [0.25, 0.3) is 0 Å². The Kier molecular flexibility index (Phi) is 5.96. The number of ether oxygens (including phenoxy) is 1. The summed E-state index contributed by atoms with van der Waals surface area (Å²) in [6.07, 6.45) is -4.79. The van der Waals surface area contributed by atoms with Crippen molar-refractivity contribution in [1.29, 1.82) is 0 Å². The van der Waals surface area contributed by atoms with E-state index in [2.05, 4.69) is 15.4 Å². The third-order valence-corrected chi connectivity index (χ3v) is 4.33. The maximum Gasteiger partial charge on any atom is 0.573 e. The van der Waals surface area contributed by atoms with Gasteiger partial charge in [-0.05, 0) is 48.9 Å². The highest BCUT2D eigenvalue weighted by atomic mass is 32.2. The van der Waals surface area contributed by atoms with Crippen LogP contribution >= 0.6 is 0 Å². The zero-order valence-corrected chi connectivity index (χ0v) is 14.8. The monoisotopic (exact) mass is 403 g/mol. The van der Waals surface area contributed by atoms with Crippen molar-refractivity contribution < 1.29 is 31.1 Å². The van der Waals surface area contributed by atoms with E-state index in [-0.39, 0.29) is 10.6 Å². The van der Waals surface area contributed by atoms with Gasteiger partial charge < -0.3 is 15.4 Å². The number of benzene rings is 2. The first-order chi connectivity index (χ1) is 12.4. The Morgan fingerprint density at radius 2 is 1.63 bits per heavy atom. The van der Waals surface area contributed by atoms with Crippen molar-refractivity contribution in [2.75, 3.05) is 5.32 Å². The molecule has 2 amide bonds. The van der Waals surface area contributed by atoms with Gasteiger partial charge in [0.2, 0.25) is 10.0 Å². The Balaban J connectivity index is 1.95. The number of urea groups is 1. The van der Waals surface area contributed by atoms with Crippen LogP contribution in [0.2, 0.25) is 0 Å². The quantitative estimate of drug-likeness (QED) is 0.712. The van der Waals surface area contributed by atoms with E-state index in [0.717, 1.165) is 12.1 Å². The standard InChI is InChI=1S/C16H16F3N3O4S/c1-10(11-2-8-14(9-3-11)27(20,24)25)21-15(23)22-12-4-6-13(7-5-12)26-16(17,18)19/h2-10H,1H3,(H2,20,24,25)(H2,21,22,23)/t10-/m1/s1. The maximum absolute atomic E-state index is 12.1. The van der Waals surface area contributed by atoms with E-state index in [0.29, 0.717) is 5.56 Å². The van der Waals surface area contributed by atoms with Crippen molar-refractivity contribution in [3.8, 4) is 5.75 Å². The highest BCUT2D eigenvalue weighted by Crippen LogP contribution is 2.24. The maximum atomic E-state index is 12.1. The molecule has 7 nitrogen and oxygen atoms in total. The van der Waals surface area contributed by atoms with Crippen molar-refractivity contribution in [3.05, 3.63) is 54.1 Å². The largest absolute Gasteiger partial charge is 0.573 e. The molecule has 0 aliphatic rings. The van der Waals surface area contributed by atoms with Gasteiger partial charge in [0, 0.05) is 5.69 Å². The molecular formula is C16H16F3N3O4S.